The Kier molecular flexibility index (Phi) is 6.29. The average molecular weight is 406 g/mol. The smallest absolute Gasteiger partial charge is 0.144 e. The second-order valence-corrected chi connectivity index (χ2v) is 7.17. The Labute approximate surface area is 177 Å². The van der Waals surface area contributed by atoms with Gasteiger partial charge in [0.05, 0.1) is 38.2 Å². The van der Waals surface area contributed by atoms with Crippen LogP contribution < -0.4 is 20.3 Å². The first kappa shape index (κ1) is 20.0. The maximum atomic E-state index is 5.64. The number of anilines is 4. The van der Waals surface area contributed by atoms with E-state index in [-0.39, 0.29) is 0 Å². The van der Waals surface area contributed by atoms with Crippen molar-refractivity contribution in [3.8, 4) is 5.75 Å². The highest BCUT2D eigenvalue weighted by atomic mass is 16.5. The van der Waals surface area contributed by atoms with Crippen LogP contribution in [0, 0.1) is 6.92 Å². The number of nitrogens with zero attached hydrogens (tertiary/aromatic N) is 3. The van der Waals surface area contributed by atoms with E-state index in [1.54, 1.807) is 13.3 Å². The normalized spacial score (nSPS) is 13.7. The van der Waals surface area contributed by atoms with Gasteiger partial charge in [-0.05, 0) is 36.8 Å². The van der Waals surface area contributed by atoms with E-state index >= 15 is 0 Å². The monoisotopic (exact) mass is 405 g/mol. The van der Waals surface area contributed by atoms with Crippen molar-refractivity contribution >= 4 is 22.9 Å². The molecule has 0 aliphatic carbocycles. The molecule has 156 valence electrons. The summed E-state index contributed by atoms with van der Waals surface area (Å²) in [6.45, 7) is 5.98. The second-order valence-electron chi connectivity index (χ2n) is 7.17. The van der Waals surface area contributed by atoms with Gasteiger partial charge in [-0.2, -0.15) is 0 Å². The Hall–Kier alpha value is -3.32. The van der Waals surface area contributed by atoms with Gasteiger partial charge in [0, 0.05) is 49.0 Å². The molecule has 4 rings (SSSR count). The average Bonchev–Trinajstić information content (AvgIpc) is 2.81. The second kappa shape index (κ2) is 9.45. The van der Waals surface area contributed by atoms with Crippen molar-refractivity contribution in [1.82, 2.24) is 9.97 Å². The molecule has 1 saturated heterocycles. The van der Waals surface area contributed by atoms with Gasteiger partial charge in [0.25, 0.3) is 0 Å². The molecule has 3 aromatic rings. The van der Waals surface area contributed by atoms with E-state index in [0.29, 0.717) is 6.54 Å². The van der Waals surface area contributed by atoms with Gasteiger partial charge in [0.2, 0.25) is 0 Å². The lowest BCUT2D eigenvalue weighted by atomic mass is 10.2. The highest BCUT2D eigenvalue weighted by molar-refractivity contribution is 5.71. The fraction of sp³-hybridized carbons (Fsp3) is 0.304. The summed E-state index contributed by atoms with van der Waals surface area (Å²) < 4.78 is 11.1. The number of pyridine rings is 2. The number of hydrogen-bond acceptors (Lipinski definition) is 7. The third-order valence-electron chi connectivity index (χ3n) is 5.11. The summed E-state index contributed by atoms with van der Waals surface area (Å²) in [5.74, 6) is 1.53. The summed E-state index contributed by atoms with van der Waals surface area (Å²) >= 11 is 0. The first-order chi connectivity index (χ1) is 14.7. The first-order valence-corrected chi connectivity index (χ1v) is 10.1. The van der Waals surface area contributed by atoms with E-state index < -0.39 is 0 Å². The number of hydrogen-bond donors (Lipinski definition) is 2. The van der Waals surface area contributed by atoms with Gasteiger partial charge < -0.3 is 25.0 Å². The number of aromatic nitrogens is 2. The molecule has 1 aliphatic rings. The Morgan fingerprint density at radius 3 is 2.70 bits per heavy atom. The lowest BCUT2D eigenvalue weighted by Crippen LogP contribution is -2.36. The molecule has 0 amide bonds. The number of nitrogens with one attached hydrogen (secondary N) is 2. The van der Waals surface area contributed by atoms with Crippen molar-refractivity contribution in [3.05, 3.63) is 66.1 Å². The van der Waals surface area contributed by atoms with E-state index in [1.165, 1.54) is 0 Å². The van der Waals surface area contributed by atoms with E-state index in [4.69, 9.17) is 9.47 Å². The van der Waals surface area contributed by atoms with Crippen LogP contribution in [0.1, 0.15) is 11.3 Å². The van der Waals surface area contributed by atoms with Gasteiger partial charge in [-0.3, -0.25) is 4.98 Å². The van der Waals surface area contributed by atoms with Crippen LogP contribution in [0.15, 0.2) is 54.9 Å². The van der Waals surface area contributed by atoms with Crippen molar-refractivity contribution in [2.75, 3.05) is 48.9 Å². The van der Waals surface area contributed by atoms with Crippen molar-refractivity contribution in [3.63, 3.8) is 0 Å². The maximum absolute atomic E-state index is 5.64. The molecule has 3 heterocycles. The molecule has 0 spiro atoms. The van der Waals surface area contributed by atoms with Gasteiger partial charge in [0.1, 0.15) is 11.6 Å². The minimum absolute atomic E-state index is 0.655. The molecule has 0 unspecified atom stereocenters. The fourth-order valence-electron chi connectivity index (χ4n) is 3.41. The van der Waals surface area contributed by atoms with Gasteiger partial charge in [-0.1, -0.05) is 6.07 Å². The molecule has 0 bridgehead atoms. The molecule has 2 N–H and O–H groups in total. The molecule has 2 aromatic heterocycles. The van der Waals surface area contributed by atoms with E-state index in [0.717, 1.165) is 66.2 Å². The predicted molar refractivity (Wildman–Crippen MR) is 120 cm³/mol. The third kappa shape index (κ3) is 4.80. The molecule has 1 fully saturated rings. The van der Waals surface area contributed by atoms with Crippen LogP contribution in [0.5, 0.6) is 5.75 Å². The Bertz CT molecular complexity index is 975. The van der Waals surface area contributed by atoms with Crippen molar-refractivity contribution in [1.29, 1.82) is 0 Å². The van der Waals surface area contributed by atoms with Crippen LogP contribution in [0.25, 0.3) is 0 Å². The summed E-state index contributed by atoms with van der Waals surface area (Å²) in [6.07, 6.45) is 3.66. The van der Waals surface area contributed by atoms with Gasteiger partial charge in [0.15, 0.2) is 0 Å². The Balaban J connectivity index is 1.49. The van der Waals surface area contributed by atoms with Crippen LogP contribution in [0.4, 0.5) is 22.9 Å². The topological polar surface area (TPSA) is 71.5 Å². The van der Waals surface area contributed by atoms with Crippen molar-refractivity contribution < 1.29 is 9.47 Å². The molecular formula is C23H27N5O2. The van der Waals surface area contributed by atoms with Crippen molar-refractivity contribution in [2.24, 2.45) is 0 Å². The van der Waals surface area contributed by atoms with Gasteiger partial charge in [-0.25, -0.2) is 4.98 Å². The van der Waals surface area contributed by atoms with E-state index in [2.05, 4.69) is 37.6 Å². The molecule has 1 aromatic carbocycles. The van der Waals surface area contributed by atoms with E-state index in [9.17, 15) is 0 Å². The van der Waals surface area contributed by atoms with Crippen LogP contribution in [-0.4, -0.2) is 43.4 Å². The lowest BCUT2D eigenvalue weighted by Gasteiger charge is -2.29. The number of morpholine rings is 1. The zero-order chi connectivity index (χ0) is 20.8. The number of methoxy groups -OCH3 is 1. The molecule has 0 radical (unpaired) electrons. The summed E-state index contributed by atoms with van der Waals surface area (Å²) in [5.41, 5.74) is 5.09. The maximum Gasteiger partial charge on any atom is 0.144 e. The third-order valence-corrected chi connectivity index (χ3v) is 5.11. The predicted octanol–water partition coefficient (Wildman–Crippen LogP) is 3.99. The molecule has 7 heteroatoms. The number of benzene rings is 1. The van der Waals surface area contributed by atoms with Gasteiger partial charge in [-0.15, -0.1) is 0 Å². The lowest BCUT2D eigenvalue weighted by molar-refractivity contribution is 0.122. The zero-order valence-corrected chi connectivity index (χ0v) is 17.4. The first-order valence-electron chi connectivity index (χ1n) is 10.1. The zero-order valence-electron chi connectivity index (χ0n) is 17.4. The van der Waals surface area contributed by atoms with E-state index in [1.807, 2.05) is 43.5 Å². The quantitative estimate of drug-likeness (QED) is 0.616. The SMILES string of the molecule is COc1cc(N2CCOCC2)ccc1Nc1cc(NCc2ccccn2)c(C)cn1. The molecule has 30 heavy (non-hydrogen) atoms. The van der Waals surface area contributed by atoms with Crippen LogP contribution in [0.2, 0.25) is 0 Å². The largest absolute Gasteiger partial charge is 0.494 e. The molecule has 7 nitrogen and oxygen atoms in total. The summed E-state index contributed by atoms with van der Waals surface area (Å²) in [7, 11) is 1.69. The standard InChI is InChI=1S/C23H27N5O2/c1-17-15-26-23(14-21(17)25-16-18-5-3-4-8-24-18)27-20-7-6-19(13-22(20)29-2)28-9-11-30-12-10-28/h3-8,13-15H,9-12,16H2,1-2H3,(H2,25,26,27). The summed E-state index contributed by atoms with van der Waals surface area (Å²) in [5, 5.41) is 6.83. The fourth-order valence-corrected chi connectivity index (χ4v) is 3.41. The summed E-state index contributed by atoms with van der Waals surface area (Å²) in [6, 6.07) is 14.1. The highest BCUT2D eigenvalue weighted by Gasteiger charge is 2.14. The molecular weight excluding hydrogens is 378 g/mol. The molecule has 0 atom stereocenters. The molecule has 0 saturated carbocycles. The van der Waals surface area contributed by atoms with Gasteiger partial charge >= 0.3 is 0 Å². The van der Waals surface area contributed by atoms with Crippen LogP contribution >= 0.6 is 0 Å². The highest BCUT2D eigenvalue weighted by Crippen LogP contribution is 2.32. The number of rotatable bonds is 7. The minimum Gasteiger partial charge on any atom is -0.494 e. The minimum atomic E-state index is 0.655. The van der Waals surface area contributed by atoms with Crippen LogP contribution in [-0.2, 0) is 11.3 Å². The van der Waals surface area contributed by atoms with Crippen LogP contribution in [0.3, 0.4) is 0 Å². The number of aryl methyl sites for hydroxylation is 1. The Morgan fingerprint density at radius 2 is 1.93 bits per heavy atom. The van der Waals surface area contributed by atoms with Crippen molar-refractivity contribution in [2.45, 2.75) is 13.5 Å². The number of ether oxygens (including phenoxy) is 2. The summed E-state index contributed by atoms with van der Waals surface area (Å²) in [4.78, 5) is 11.2. The Morgan fingerprint density at radius 1 is 1.07 bits per heavy atom. The molecule has 1 aliphatic heterocycles.